The van der Waals surface area contributed by atoms with Crippen LogP contribution in [0.4, 0.5) is 18.0 Å². The Labute approximate surface area is 164 Å². The van der Waals surface area contributed by atoms with Gasteiger partial charge in [0, 0.05) is 13.1 Å². The van der Waals surface area contributed by atoms with Crippen LogP contribution < -0.4 is 4.74 Å². The third-order valence-electron chi connectivity index (χ3n) is 3.92. The maximum absolute atomic E-state index is 12.6. The molecule has 0 saturated heterocycles. The number of aromatic nitrogens is 4. The van der Waals surface area contributed by atoms with Crippen molar-refractivity contribution >= 4 is 6.09 Å². The Hall–Kier alpha value is -3.43. The lowest BCUT2D eigenvalue weighted by Gasteiger charge is -2.21. The van der Waals surface area contributed by atoms with Crippen LogP contribution in [0.25, 0.3) is 0 Å². The van der Waals surface area contributed by atoms with E-state index >= 15 is 0 Å². The fraction of sp³-hybridized carbons (Fsp3) is 0.263. The summed E-state index contributed by atoms with van der Waals surface area (Å²) in [6.07, 6.45) is -4.69. The largest absolute Gasteiger partial charge is 0.418 e. The van der Waals surface area contributed by atoms with Crippen molar-refractivity contribution in [1.29, 1.82) is 0 Å². The van der Waals surface area contributed by atoms with Gasteiger partial charge in [0.05, 0.1) is 0 Å². The highest BCUT2D eigenvalue weighted by Crippen LogP contribution is 2.17. The number of benzene rings is 2. The highest BCUT2D eigenvalue weighted by molar-refractivity contribution is 5.69. The van der Waals surface area contributed by atoms with Gasteiger partial charge in [-0.15, -0.1) is 0 Å². The van der Waals surface area contributed by atoms with Crippen LogP contribution >= 0.6 is 0 Å². The fourth-order valence-electron chi connectivity index (χ4n) is 2.59. The van der Waals surface area contributed by atoms with Crippen molar-refractivity contribution in [2.75, 3.05) is 6.54 Å². The highest BCUT2D eigenvalue weighted by atomic mass is 19.4. The van der Waals surface area contributed by atoms with Crippen molar-refractivity contribution in [3.05, 3.63) is 71.8 Å². The van der Waals surface area contributed by atoms with E-state index in [2.05, 4.69) is 15.4 Å². The molecule has 3 rings (SSSR count). The summed E-state index contributed by atoms with van der Waals surface area (Å²) in [6.45, 7) is -0.809. The van der Waals surface area contributed by atoms with Gasteiger partial charge in [-0.1, -0.05) is 70.9 Å². The second-order valence-corrected chi connectivity index (χ2v) is 6.23. The summed E-state index contributed by atoms with van der Waals surface area (Å²) >= 11 is 0. The number of amides is 1. The normalized spacial score (nSPS) is 11.3. The van der Waals surface area contributed by atoms with Crippen LogP contribution in [0.5, 0.6) is 6.01 Å². The minimum Gasteiger partial charge on any atom is -0.372 e. The summed E-state index contributed by atoms with van der Waals surface area (Å²) in [6, 6.07) is 18.3. The number of ether oxygens (including phenoxy) is 1. The lowest BCUT2D eigenvalue weighted by molar-refractivity contribution is -0.145. The second-order valence-electron chi connectivity index (χ2n) is 6.23. The van der Waals surface area contributed by atoms with Crippen LogP contribution in [0.15, 0.2) is 60.7 Å². The van der Waals surface area contributed by atoms with Crippen LogP contribution in [0.2, 0.25) is 0 Å². The molecule has 0 aliphatic carbocycles. The molecule has 3 aromatic rings. The monoisotopic (exact) mass is 405 g/mol. The van der Waals surface area contributed by atoms with Gasteiger partial charge in [0.25, 0.3) is 0 Å². The van der Waals surface area contributed by atoms with E-state index in [0.717, 1.165) is 11.1 Å². The standard InChI is InChI=1S/C19H18F3N5O2/c20-19(21,22)14-27-24-17(23-25-27)29-18(28)26(13-16-9-5-2-6-10-16)12-11-15-7-3-1-4-8-15/h1-10H,11-14H2. The third-order valence-corrected chi connectivity index (χ3v) is 3.92. The van der Waals surface area contributed by atoms with E-state index in [9.17, 15) is 18.0 Å². The summed E-state index contributed by atoms with van der Waals surface area (Å²) in [4.78, 5) is 14.4. The predicted molar refractivity (Wildman–Crippen MR) is 96.9 cm³/mol. The Morgan fingerprint density at radius 3 is 2.24 bits per heavy atom. The van der Waals surface area contributed by atoms with E-state index < -0.39 is 24.8 Å². The molecule has 7 nitrogen and oxygen atoms in total. The van der Waals surface area contributed by atoms with E-state index in [1.807, 2.05) is 60.7 Å². The molecule has 0 saturated carbocycles. The van der Waals surface area contributed by atoms with Gasteiger partial charge in [-0.25, -0.2) is 4.79 Å². The van der Waals surface area contributed by atoms with Gasteiger partial charge in [-0.05, 0) is 22.8 Å². The van der Waals surface area contributed by atoms with Gasteiger partial charge in [0.1, 0.15) is 0 Å². The zero-order chi connectivity index (χ0) is 20.7. The highest BCUT2D eigenvalue weighted by Gasteiger charge is 2.30. The molecular formula is C19H18F3N5O2. The van der Waals surface area contributed by atoms with Crippen molar-refractivity contribution < 1.29 is 22.7 Å². The van der Waals surface area contributed by atoms with E-state index in [1.165, 1.54) is 4.90 Å². The first-order valence-electron chi connectivity index (χ1n) is 8.78. The number of carbonyl (C=O) groups excluding carboxylic acids is 1. The number of halogens is 3. The second kappa shape index (κ2) is 9.18. The quantitative estimate of drug-likeness (QED) is 0.602. The van der Waals surface area contributed by atoms with E-state index in [1.54, 1.807) is 0 Å². The topological polar surface area (TPSA) is 73.1 Å². The van der Waals surface area contributed by atoms with Gasteiger partial charge in [0.2, 0.25) is 0 Å². The van der Waals surface area contributed by atoms with Crippen molar-refractivity contribution in [3.8, 4) is 6.01 Å². The minimum absolute atomic E-state index is 0.267. The van der Waals surface area contributed by atoms with Gasteiger partial charge >= 0.3 is 18.3 Å². The maximum Gasteiger partial charge on any atom is 0.418 e. The molecule has 152 valence electrons. The van der Waals surface area contributed by atoms with Crippen LogP contribution in [-0.2, 0) is 19.5 Å². The van der Waals surface area contributed by atoms with Crippen molar-refractivity contribution in [1.82, 2.24) is 25.1 Å². The number of tetrazole rings is 1. The van der Waals surface area contributed by atoms with E-state index in [0.29, 0.717) is 17.8 Å². The lowest BCUT2D eigenvalue weighted by atomic mass is 10.1. The maximum atomic E-state index is 12.6. The van der Waals surface area contributed by atoms with Gasteiger partial charge in [-0.3, -0.25) is 0 Å². The van der Waals surface area contributed by atoms with Gasteiger partial charge in [0.15, 0.2) is 6.54 Å². The summed E-state index contributed by atoms with van der Waals surface area (Å²) < 4.78 is 42.2. The average Bonchev–Trinajstić information content (AvgIpc) is 3.11. The van der Waals surface area contributed by atoms with Crippen molar-refractivity contribution in [2.24, 2.45) is 0 Å². The van der Waals surface area contributed by atoms with Crippen molar-refractivity contribution in [2.45, 2.75) is 25.7 Å². The first kappa shape index (κ1) is 20.3. The zero-order valence-electron chi connectivity index (χ0n) is 15.3. The molecule has 1 aromatic heterocycles. The molecule has 0 unspecified atom stereocenters. The summed E-state index contributed by atoms with van der Waals surface area (Å²) in [5, 5.41) is 10.1. The summed E-state index contributed by atoms with van der Waals surface area (Å²) in [5.74, 6) is 0. The molecule has 1 heterocycles. The van der Waals surface area contributed by atoms with Gasteiger partial charge in [-0.2, -0.15) is 18.0 Å². The Bertz CT molecular complexity index is 916. The lowest BCUT2D eigenvalue weighted by Crippen LogP contribution is -2.35. The average molecular weight is 405 g/mol. The molecular weight excluding hydrogens is 387 g/mol. The Balaban J connectivity index is 1.68. The smallest absolute Gasteiger partial charge is 0.372 e. The molecule has 0 aliphatic heterocycles. The number of hydrogen-bond acceptors (Lipinski definition) is 5. The molecule has 2 aromatic carbocycles. The molecule has 10 heteroatoms. The molecule has 0 bridgehead atoms. The molecule has 0 N–H and O–H groups in total. The molecule has 1 amide bonds. The number of rotatable bonds is 7. The van der Waals surface area contributed by atoms with E-state index in [-0.39, 0.29) is 6.54 Å². The van der Waals surface area contributed by atoms with Crippen LogP contribution in [-0.4, -0.2) is 43.9 Å². The summed E-state index contributed by atoms with van der Waals surface area (Å²) in [5.41, 5.74) is 1.92. The SMILES string of the molecule is O=C(Oc1nnn(CC(F)(F)F)n1)N(CCc1ccccc1)Cc1ccccc1. The number of carbonyl (C=O) groups is 1. The predicted octanol–water partition coefficient (Wildman–Crippen LogP) is 3.48. The Morgan fingerprint density at radius 2 is 1.62 bits per heavy atom. The first-order valence-corrected chi connectivity index (χ1v) is 8.78. The van der Waals surface area contributed by atoms with E-state index in [4.69, 9.17) is 4.74 Å². The molecule has 0 spiro atoms. The minimum atomic E-state index is -4.50. The zero-order valence-corrected chi connectivity index (χ0v) is 15.3. The first-order chi connectivity index (χ1) is 13.9. The molecule has 0 radical (unpaired) electrons. The number of nitrogens with zero attached hydrogens (tertiary/aromatic N) is 5. The molecule has 0 aliphatic rings. The number of alkyl halides is 3. The molecule has 29 heavy (non-hydrogen) atoms. The van der Waals surface area contributed by atoms with Crippen LogP contribution in [0.3, 0.4) is 0 Å². The molecule has 0 fully saturated rings. The van der Waals surface area contributed by atoms with Crippen molar-refractivity contribution in [3.63, 3.8) is 0 Å². The fourth-order valence-corrected chi connectivity index (χ4v) is 2.59. The summed E-state index contributed by atoms with van der Waals surface area (Å²) in [7, 11) is 0. The van der Waals surface area contributed by atoms with Crippen LogP contribution in [0, 0.1) is 0 Å². The third kappa shape index (κ3) is 6.59. The Kier molecular flexibility index (Phi) is 6.43. The van der Waals surface area contributed by atoms with Crippen LogP contribution in [0.1, 0.15) is 11.1 Å². The van der Waals surface area contributed by atoms with Gasteiger partial charge < -0.3 is 9.64 Å². The number of hydrogen-bond donors (Lipinski definition) is 0. The Morgan fingerprint density at radius 1 is 1.00 bits per heavy atom. The molecule has 0 atom stereocenters.